The molecule has 42 heavy (non-hydrogen) atoms. The Labute approximate surface area is 240 Å². The van der Waals surface area contributed by atoms with Gasteiger partial charge >= 0.3 is 6.18 Å². The normalized spacial score (nSPS) is 27.2. The van der Waals surface area contributed by atoms with Crippen molar-refractivity contribution in [3.63, 3.8) is 0 Å². The van der Waals surface area contributed by atoms with Gasteiger partial charge in [0.15, 0.2) is 11.4 Å². The van der Waals surface area contributed by atoms with Gasteiger partial charge in [0, 0.05) is 24.1 Å². The van der Waals surface area contributed by atoms with Crippen LogP contribution in [0.5, 0.6) is 5.75 Å². The molecule has 0 unspecified atom stereocenters. The van der Waals surface area contributed by atoms with Gasteiger partial charge in [0.1, 0.15) is 22.8 Å². The lowest BCUT2D eigenvalue weighted by atomic mass is 9.57. The molecule has 4 rings (SSSR count). The lowest BCUT2D eigenvalue weighted by Crippen LogP contribution is -2.65. The number of amides is 1. The summed E-state index contributed by atoms with van der Waals surface area (Å²) in [7, 11) is 2.87. The van der Waals surface area contributed by atoms with Crippen molar-refractivity contribution in [3.8, 4) is 5.75 Å². The number of benzene rings is 1. The number of primary amides is 1. The topological polar surface area (TPSA) is 173 Å². The van der Waals surface area contributed by atoms with E-state index in [1.54, 1.807) is 0 Å². The zero-order valence-corrected chi connectivity index (χ0v) is 24.2. The predicted molar refractivity (Wildman–Crippen MR) is 145 cm³/mol. The van der Waals surface area contributed by atoms with Crippen molar-refractivity contribution in [3.05, 3.63) is 45.2 Å². The molecular formula is C29H36F3N3O7. The number of carbonyl (C=O) groups excluding carboxylic acids is 3. The zero-order valence-electron chi connectivity index (χ0n) is 24.2. The molecule has 7 N–H and O–H groups in total. The molecule has 230 valence electrons. The average Bonchev–Trinajstić information content (AvgIpc) is 2.82. The monoisotopic (exact) mass is 595 g/mol. The highest BCUT2D eigenvalue weighted by atomic mass is 19.4. The second-order valence-electron chi connectivity index (χ2n) is 12.7. The summed E-state index contributed by atoms with van der Waals surface area (Å²) in [5, 5.41) is 47.7. The van der Waals surface area contributed by atoms with Crippen LogP contribution in [0.3, 0.4) is 0 Å². The number of phenols is 1. The summed E-state index contributed by atoms with van der Waals surface area (Å²) in [5.74, 6) is -9.08. The van der Waals surface area contributed by atoms with Crippen LogP contribution in [0.1, 0.15) is 56.4 Å². The fourth-order valence-electron chi connectivity index (χ4n) is 6.45. The Balaban J connectivity index is 1.94. The molecule has 13 heteroatoms. The molecule has 5 atom stereocenters. The largest absolute Gasteiger partial charge is 0.508 e. The van der Waals surface area contributed by atoms with Crippen LogP contribution < -0.4 is 11.1 Å². The van der Waals surface area contributed by atoms with Gasteiger partial charge in [0.2, 0.25) is 5.78 Å². The smallest absolute Gasteiger partial charge is 0.417 e. The Kier molecular flexibility index (Phi) is 7.57. The molecule has 0 aliphatic heterocycles. The first-order valence-electron chi connectivity index (χ1n) is 13.5. The maximum atomic E-state index is 14.6. The molecule has 10 nitrogen and oxygen atoms in total. The number of halogens is 3. The fraction of sp³-hybridized carbons (Fsp3) is 0.552. The van der Waals surface area contributed by atoms with Gasteiger partial charge in [-0.25, -0.2) is 0 Å². The van der Waals surface area contributed by atoms with Crippen LogP contribution in [0.2, 0.25) is 0 Å². The number of fused-ring (bicyclic) bond motifs is 3. The third-order valence-corrected chi connectivity index (χ3v) is 8.99. The van der Waals surface area contributed by atoms with Crippen molar-refractivity contribution in [2.75, 3.05) is 14.1 Å². The highest BCUT2D eigenvalue weighted by Gasteiger charge is 2.64. The van der Waals surface area contributed by atoms with E-state index in [0.717, 1.165) is 6.07 Å². The Morgan fingerprint density at radius 3 is 2.29 bits per heavy atom. The lowest BCUT2D eigenvalue weighted by Gasteiger charge is -2.50. The van der Waals surface area contributed by atoms with Crippen molar-refractivity contribution in [1.82, 2.24) is 10.2 Å². The average molecular weight is 596 g/mol. The number of Topliss-reactive ketones (excluding diaryl/α,β-unsaturated/α-hetero) is 2. The number of hydrogen-bond donors (Lipinski definition) is 6. The molecule has 0 aromatic heterocycles. The van der Waals surface area contributed by atoms with E-state index in [2.05, 4.69) is 5.32 Å². The van der Waals surface area contributed by atoms with E-state index in [9.17, 15) is 48.0 Å². The van der Waals surface area contributed by atoms with E-state index < -0.39 is 98.7 Å². The van der Waals surface area contributed by atoms with Crippen molar-refractivity contribution < 1.29 is 48.0 Å². The van der Waals surface area contributed by atoms with Gasteiger partial charge in [-0.15, -0.1) is 0 Å². The maximum absolute atomic E-state index is 14.6. The summed E-state index contributed by atoms with van der Waals surface area (Å²) in [6, 6.07) is -0.661. The van der Waals surface area contributed by atoms with Crippen LogP contribution >= 0.6 is 0 Å². The van der Waals surface area contributed by atoms with Crippen LogP contribution in [0, 0.1) is 17.3 Å². The standard InChI is InChI=1S/C29H36F3N3O7/c1-11(27(2,3)4)34-10-13-9-16(36)18-14(20(13)29(30,31)32)7-12-8-15-21(35(5)6)23(38)19(26(33)41)25(40)28(15,42)24(39)17(12)22(18)37/h9,11-12,15,21,34,36-37,40,42H,7-8,10H2,1-6H3,(H2,33,41)/t11-,12+,15+,21+,28+/m1/s1. The molecule has 1 aromatic rings. The van der Waals surface area contributed by atoms with Crippen molar-refractivity contribution in [1.29, 1.82) is 0 Å². The number of rotatable bonds is 5. The van der Waals surface area contributed by atoms with Crippen LogP contribution in [-0.4, -0.2) is 74.6 Å². The van der Waals surface area contributed by atoms with Crippen molar-refractivity contribution in [2.45, 2.75) is 70.9 Å². The molecule has 0 bridgehead atoms. The number of aromatic hydroxyl groups is 1. The lowest BCUT2D eigenvalue weighted by molar-refractivity contribution is -0.153. The van der Waals surface area contributed by atoms with Gasteiger partial charge in [-0.3, -0.25) is 19.3 Å². The number of aliphatic hydroxyl groups excluding tert-OH is 2. The maximum Gasteiger partial charge on any atom is 0.417 e. The number of ketones is 2. The zero-order chi connectivity index (χ0) is 31.9. The Bertz CT molecular complexity index is 1440. The Morgan fingerprint density at radius 2 is 1.79 bits per heavy atom. The molecule has 0 heterocycles. The third-order valence-electron chi connectivity index (χ3n) is 8.99. The number of nitrogens with two attached hydrogens (primary N) is 1. The van der Waals surface area contributed by atoms with Crippen LogP contribution in [0.4, 0.5) is 13.2 Å². The molecule has 0 spiro atoms. The summed E-state index contributed by atoms with van der Waals surface area (Å²) in [5.41, 5.74) is -1.70. The minimum absolute atomic E-state index is 0.205. The molecule has 1 aromatic carbocycles. The van der Waals surface area contributed by atoms with Gasteiger partial charge in [0.25, 0.3) is 5.91 Å². The van der Waals surface area contributed by atoms with Gasteiger partial charge in [-0.1, -0.05) is 20.8 Å². The van der Waals surface area contributed by atoms with Gasteiger partial charge in [-0.2, -0.15) is 13.2 Å². The summed E-state index contributed by atoms with van der Waals surface area (Å²) >= 11 is 0. The number of nitrogens with one attached hydrogen (secondary N) is 1. The number of likely N-dealkylation sites (N-methyl/N-ethyl adjacent to an activating group) is 1. The highest BCUT2D eigenvalue weighted by molar-refractivity contribution is 6.24. The van der Waals surface area contributed by atoms with Gasteiger partial charge in [-0.05, 0) is 62.4 Å². The fourth-order valence-corrected chi connectivity index (χ4v) is 6.45. The van der Waals surface area contributed by atoms with E-state index in [1.807, 2.05) is 27.7 Å². The second-order valence-corrected chi connectivity index (χ2v) is 12.7. The number of alkyl halides is 3. The summed E-state index contributed by atoms with van der Waals surface area (Å²) in [4.78, 5) is 40.4. The highest BCUT2D eigenvalue weighted by Crippen LogP contribution is 2.54. The van der Waals surface area contributed by atoms with E-state index in [4.69, 9.17) is 5.73 Å². The van der Waals surface area contributed by atoms with Crippen LogP contribution in [0.15, 0.2) is 23.0 Å². The van der Waals surface area contributed by atoms with Gasteiger partial charge < -0.3 is 31.5 Å². The summed E-state index contributed by atoms with van der Waals surface area (Å²) < 4.78 is 43.9. The molecule has 1 saturated carbocycles. The molecule has 0 radical (unpaired) electrons. The third kappa shape index (κ3) is 4.67. The molecular weight excluding hydrogens is 559 g/mol. The summed E-state index contributed by atoms with van der Waals surface area (Å²) in [6.45, 7) is 7.33. The summed E-state index contributed by atoms with van der Waals surface area (Å²) in [6.07, 6.45) is -5.67. The first-order chi connectivity index (χ1) is 19.1. The van der Waals surface area contributed by atoms with E-state index in [1.165, 1.54) is 19.0 Å². The molecule has 1 amide bonds. The molecule has 3 aliphatic rings. The Hall–Kier alpha value is -3.42. The number of phenolic OH excluding ortho intramolecular Hbond substituents is 1. The SMILES string of the molecule is C[C@@H](NCc1cc(O)c2c(c1C(F)(F)F)C[C@H]1C[C@H]3[C@H](N(C)C)C(=O)C(C(N)=O)=C(O)[C@@]3(O)C(=O)C1=C2O)C(C)(C)C. The second kappa shape index (κ2) is 10.1. The minimum atomic E-state index is -4.90. The van der Waals surface area contributed by atoms with E-state index >= 15 is 0 Å². The van der Waals surface area contributed by atoms with E-state index in [0.29, 0.717) is 0 Å². The quantitative estimate of drug-likeness (QED) is 0.280. The number of nitrogens with zero attached hydrogens (tertiary/aromatic N) is 1. The molecule has 1 fully saturated rings. The van der Waals surface area contributed by atoms with Crippen molar-refractivity contribution >= 4 is 23.2 Å². The van der Waals surface area contributed by atoms with Crippen LogP contribution in [0.25, 0.3) is 5.76 Å². The van der Waals surface area contributed by atoms with Crippen LogP contribution in [-0.2, 0) is 33.5 Å². The first kappa shape index (κ1) is 31.5. The minimum Gasteiger partial charge on any atom is -0.508 e. The van der Waals surface area contributed by atoms with Crippen molar-refractivity contribution in [2.24, 2.45) is 23.0 Å². The van der Waals surface area contributed by atoms with E-state index in [-0.39, 0.29) is 30.0 Å². The Morgan fingerprint density at radius 1 is 1.19 bits per heavy atom. The first-order valence-corrected chi connectivity index (χ1v) is 13.5. The molecule has 3 aliphatic carbocycles. The predicted octanol–water partition coefficient (Wildman–Crippen LogP) is 2.51. The number of carbonyl (C=O) groups is 3. The number of aliphatic hydroxyl groups is 3. The molecule has 0 saturated heterocycles. The number of hydrogen-bond acceptors (Lipinski definition) is 9. The van der Waals surface area contributed by atoms with Gasteiger partial charge in [0.05, 0.1) is 17.2 Å².